The van der Waals surface area contributed by atoms with Gasteiger partial charge in [0.1, 0.15) is 5.58 Å². The van der Waals surface area contributed by atoms with E-state index in [1.165, 1.54) is 27.6 Å². The summed E-state index contributed by atoms with van der Waals surface area (Å²) in [5.74, 6) is 0. The molecule has 0 saturated heterocycles. The van der Waals surface area contributed by atoms with E-state index in [9.17, 15) is 0 Å². The Kier molecular flexibility index (Phi) is 3.33. The SMILES string of the molecule is CNC(c1cccc(C)c1C)c1coc2ccccc12. The van der Waals surface area contributed by atoms with E-state index in [4.69, 9.17) is 4.42 Å². The number of hydrogen-bond donors (Lipinski definition) is 1. The highest BCUT2D eigenvalue weighted by molar-refractivity contribution is 5.82. The van der Waals surface area contributed by atoms with Gasteiger partial charge in [0.05, 0.1) is 12.3 Å². The summed E-state index contributed by atoms with van der Waals surface area (Å²) in [6, 6.07) is 14.8. The van der Waals surface area contributed by atoms with Crippen LogP contribution in [0.5, 0.6) is 0 Å². The van der Waals surface area contributed by atoms with Crippen molar-refractivity contribution in [3.05, 3.63) is 71.0 Å². The molecular weight excluding hydrogens is 246 g/mol. The molecule has 0 saturated carbocycles. The van der Waals surface area contributed by atoms with E-state index in [1.807, 2.05) is 25.4 Å². The van der Waals surface area contributed by atoms with Crippen molar-refractivity contribution < 1.29 is 4.42 Å². The second kappa shape index (κ2) is 5.14. The van der Waals surface area contributed by atoms with Crippen LogP contribution in [0.4, 0.5) is 0 Å². The average Bonchev–Trinajstić information content (AvgIpc) is 2.88. The van der Waals surface area contributed by atoms with Crippen molar-refractivity contribution >= 4 is 11.0 Å². The Balaban J connectivity index is 2.17. The first-order valence-corrected chi connectivity index (χ1v) is 6.92. The summed E-state index contributed by atoms with van der Waals surface area (Å²) in [6.07, 6.45) is 1.87. The number of benzene rings is 2. The molecule has 0 bridgehead atoms. The van der Waals surface area contributed by atoms with Crippen LogP contribution in [0.3, 0.4) is 0 Å². The largest absolute Gasteiger partial charge is 0.464 e. The number of nitrogens with one attached hydrogen (secondary N) is 1. The minimum atomic E-state index is 0.151. The molecule has 0 fully saturated rings. The quantitative estimate of drug-likeness (QED) is 0.761. The Hall–Kier alpha value is -2.06. The summed E-state index contributed by atoms with van der Waals surface area (Å²) in [6.45, 7) is 4.33. The number of aryl methyl sites for hydroxylation is 1. The fraction of sp³-hybridized carbons (Fsp3) is 0.222. The van der Waals surface area contributed by atoms with Gasteiger partial charge in [0, 0.05) is 10.9 Å². The molecule has 0 spiro atoms. The number of hydrogen-bond acceptors (Lipinski definition) is 2. The van der Waals surface area contributed by atoms with E-state index in [0.29, 0.717) is 0 Å². The second-order valence-electron chi connectivity index (χ2n) is 5.20. The van der Waals surface area contributed by atoms with Crippen molar-refractivity contribution in [2.24, 2.45) is 0 Å². The molecule has 1 heterocycles. The van der Waals surface area contributed by atoms with Crippen molar-refractivity contribution in [3.8, 4) is 0 Å². The number of rotatable bonds is 3. The molecule has 0 radical (unpaired) electrons. The standard InChI is InChI=1S/C18H19NO/c1-12-7-6-9-14(13(12)2)18(19-3)16-11-20-17-10-5-4-8-15(16)17/h4-11,18-19H,1-3H3. The van der Waals surface area contributed by atoms with Crippen molar-refractivity contribution in [2.45, 2.75) is 19.9 Å². The van der Waals surface area contributed by atoms with Gasteiger partial charge in [-0.05, 0) is 43.7 Å². The van der Waals surface area contributed by atoms with Gasteiger partial charge >= 0.3 is 0 Å². The van der Waals surface area contributed by atoms with Gasteiger partial charge in [-0.15, -0.1) is 0 Å². The lowest BCUT2D eigenvalue weighted by Crippen LogP contribution is -2.18. The molecule has 0 aliphatic heterocycles. The molecule has 1 unspecified atom stereocenters. The van der Waals surface area contributed by atoms with Crippen molar-refractivity contribution in [3.63, 3.8) is 0 Å². The zero-order chi connectivity index (χ0) is 14.1. The third-order valence-electron chi connectivity index (χ3n) is 4.07. The monoisotopic (exact) mass is 265 g/mol. The molecule has 3 rings (SSSR count). The predicted octanol–water partition coefficient (Wildman–Crippen LogP) is 4.36. The molecule has 0 aliphatic carbocycles. The molecular formula is C18H19NO. The molecule has 20 heavy (non-hydrogen) atoms. The smallest absolute Gasteiger partial charge is 0.134 e. The van der Waals surface area contributed by atoms with Crippen LogP contribution in [-0.4, -0.2) is 7.05 Å². The van der Waals surface area contributed by atoms with Gasteiger partial charge in [-0.2, -0.15) is 0 Å². The van der Waals surface area contributed by atoms with Crippen molar-refractivity contribution in [1.29, 1.82) is 0 Å². The fourth-order valence-corrected chi connectivity index (χ4v) is 2.79. The molecule has 102 valence electrons. The number of furan rings is 1. The van der Waals surface area contributed by atoms with Crippen LogP contribution < -0.4 is 5.32 Å². The number of fused-ring (bicyclic) bond motifs is 1. The van der Waals surface area contributed by atoms with Gasteiger partial charge in [0.2, 0.25) is 0 Å². The maximum absolute atomic E-state index is 5.68. The molecule has 1 aromatic heterocycles. The van der Waals surface area contributed by atoms with Crippen LogP contribution in [0, 0.1) is 13.8 Å². The summed E-state index contributed by atoms with van der Waals surface area (Å²) < 4.78 is 5.68. The van der Waals surface area contributed by atoms with E-state index >= 15 is 0 Å². The first-order chi connectivity index (χ1) is 9.72. The summed E-state index contributed by atoms with van der Waals surface area (Å²) in [5, 5.41) is 4.59. The zero-order valence-corrected chi connectivity index (χ0v) is 12.1. The lowest BCUT2D eigenvalue weighted by molar-refractivity contribution is 0.596. The fourth-order valence-electron chi connectivity index (χ4n) is 2.79. The minimum absolute atomic E-state index is 0.151. The highest BCUT2D eigenvalue weighted by atomic mass is 16.3. The van der Waals surface area contributed by atoms with Gasteiger partial charge in [-0.25, -0.2) is 0 Å². The van der Waals surface area contributed by atoms with Crippen LogP contribution >= 0.6 is 0 Å². The van der Waals surface area contributed by atoms with Gasteiger partial charge in [-0.1, -0.05) is 36.4 Å². The average molecular weight is 265 g/mol. The Morgan fingerprint density at radius 3 is 2.55 bits per heavy atom. The molecule has 2 heteroatoms. The Morgan fingerprint density at radius 1 is 0.950 bits per heavy atom. The van der Waals surface area contributed by atoms with Gasteiger partial charge in [-0.3, -0.25) is 0 Å². The van der Waals surface area contributed by atoms with Crippen molar-refractivity contribution in [2.75, 3.05) is 7.05 Å². The zero-order valence-electron chi connectivity index (χ0n) is 12.1. The van der Waals surface area contributed by atoms with Crippen LogP contribution in [0.25, 0.3) is 11.0 Å². The molecule has 3 aromatic rings. The molecule has 0 aliphatic rings. The molecule has 1 atom stereocenters. The molecule has 2 aromatic carbocycles. The lowest BCUT2D eigenvalue weighted by Gasteiger charge is -2.19. The molecule has 2 nitrogen and oxygen atoms in total. The molecule has 0 amide bonds. The van der Waals surface area contributed by atoms with E-state index in [-0.39, 0.29) is 6.04 Å². The topological polar surface area (TPSA) is 25.2 Å². The maximum Gasteiger partial charge on any atom is 0.134 e. The summed E-state index contributed by atoms with van der Waals surface area (Å²) in [5.41, 5.74) is 6.08. The normalized spacial score (nSPS) is 12.8. The lowest BCUT2D eigenvalue weighted by atomic mass is 9.92. The van der Waals surface area contributed by atoms with Gasteiger partial charge in [0.25, 0.3) is 0 Å². The first kappa shape index (κ1) is 12.9. The van der Waals surface area contributed by atoms with Crippen LogP contribution in [0.1, 0.15) is 28.3 Å². The molecule has 1 N–H and O–H groups in total. The van der Waals surface area contributed by atoms with E-state index in [2.05, 4.69) is 49.5 Å². The van der Waals surface area contributed by atoms with Gasteiger partial charge < -0.3 is 9.73 Å². The minimum Gasteiger partial charge on any atom is -0.464 e. The Bertz CT molecular complexity index is 742. The highest BCUT2D eigenvalue weighted by Gasteiger charge is 2.19. The Morgan fingerprint density at radius 2 is 1.75 bits per heavy atom. The number of para-hydroxylation sites is 1. The predicted molar refractivity (Wildman–Crippen MR) is 83.0 cm³/mol. The highest BCUT2D eigenvalue weighted by Crippen LogP contribution is 2.32. The first-order valence-electron chi connectivity index (χ1n) is 6.92. The third kappa shape index (κ3) is 2.02. The third-order valence-corrected chi connectivity index (χ3v) is 4.07. The van der Waals surface area contributed by atoms with Gasteiger partial charge in [0.15, 0.2) is 0 Å². The Labute approximate surface area is 119 Å². The van der Waals surface area contributed by atoms with E-state index in [1.54, 1.807) is 0 Å². The van der Waals surface area contributed by atoms with Crippen LogP contribution in [-0.2, 0) is 0 Å². The summed E-state index contributed by atoms with van der Waals surface area (Å²) >= 11 is 0. The van der Waals surface area contributed by atoms with E-state index < -0.39 is 0 Å². The maximum atomic E-state index is 5.68. The van der Waals surface area contributed by atoms with Crippen molar-refractivity contribution in [1.82, 2.24) is 5.32 Å². The van der Waals surface area contributed by atoms with Crippen LogP contribution in [0.15, 0.2) is 53.1 Å². The summed E-state index contributed by atoms with van der Waals surface area (Å²) in [4.78, 5) is 0. The second-order valence-corrected chi connectivity index (χ2v) is 5.20. The van der Waals surface area contributed by atoms with Crippen LogP contribution in [0.2, 0.25) is 0 Å². The van der Waals surface area contributed by atoms with E-state index in [0.717, 1.165) is 5.58 Å². The summed E-state index contributed by atoms with van der Waals surface area (Å²) in [7, 11) is 1.99.